The van der Waals surface area contributed by atoms with Crippen molar-refractivity contribution in [1.82, 2.24) is 25.0 Å². The van der Waals surface area contributed by atoms with Crippen LogP contribution in [-0.2, 0) is 13.1 Å². The third-order valence-corrected chi connectivity index (χ3v) is 4.37. The zero-order valence-corrected chi connectivity index (χ0v) is 14.8. The second-order valence-electron chi connectivity index (χ2n) is 6.34. The summed E-state index contributed by atoms with van der Waals surface area (Å²) in [7, 11) is 1.90. The molecule has 0 radical (unpaired) electrons. The molecular formula is C20H19N5O2. The molecular weight excluding hydrogens is 342 g/mol. The van der Waals surface area contributed by atoms with Crippen LogP contribution in [0.25, 0.3) is 16.6 Å². The lowest BCUT2D eigenvalue weighted by Gasteiger charge is -2.06. The van der Waals surface area contributed by atoms with E-state index in [0.29, 0.717) is 12.2 Å². The number of H-pyrrole nitrogens is 1. The van der Waals surface area contributed by atoms with E-state index in [1.807, 2.05) is 25.2 Å². The molecule has 1 aromatic carbocycles. The predicted octanol–water partition coefficient (Wildman–Crippen LogP) is 1.83. The highest BCUT2D eigenvalue weighted by atomic mass is 16.2. The van der Waals surface area contributed by atoms with E-state index in [4.69, 9.17) is 0 Å². The number of nitrogens with one attached hydrogen (secondary N) is 3. The van der Waals surface area contributed by atoms with Crippen LogP contribution in [0, 0.1) is 0 Å². The summed E-state index contributed by atoms with van der Waals surface area (Å²) in [6.07, 6.45) is 1.63. The van der Waals surface area contributed by atoms with Gasteiger partial charge in [0, 0.05) is 36.6 Å². The van der Waals surface area contributed by atoms with Crippen LogP contribution < -0.4 is 16.2 Å². The van der Waals surface area contributed by atoms with Gasteiger partial charge in [-0.15, -0.1) is 0 Å². The van der Waals surface area contributed by atoms with Gasteiger partial charge in [0.15, 0.2) is 0 Å². The molecule has 4 rings (SSSR count). The molecule has 0 unspecified atom stereocenters. The molecule has 3 N–H and O–H groups in total. The SMILES string of the molecule is CNCc1cc2ccc(CNC(=O)c3cc(=O)n4ccccc4n3)cc2[nH]1. The average Bonchev–Trinajstić information content (AvgIpc) is 3.08. The summed E-state index contributed by atoms with van der Waals surface area (Å²) in [5.41, 5.74) is 3.37. The highest BCUT2D eigenvalue weighted by Crippen LogP contribution is 2.17. The van der Waals surface area contributed by atoms with Crippen LogP contribution in [0.1, 0.15) is 21.7 Å². The molecule has 0 atom stereocenters. The Morgan fingerprint density at radius 1 is 1.15 bits per heavy atom. The minimum atomic E-state index is -0.374. The molecule has 0 aliphatic carbocycles. The molecule has 4 aromatic rings. The van der Waals surface area contributed by atoms with Crippen molar-refractivity contribution in [3.8, 4) is 0 Å². The maximum atomic E-state index is 12.4. The molecule has 3 heterocycles. The lowest BCUT2D eigenvalue weighted by Crippen LogP contribution is -2.26. The number of carbonyl (C=O) groups excluding carboxylic acids is 1. The number of nitrogens with zero attached hydrogens (tertiary/aromatic N) is 2. The van der Waals surface area contributed by atoms with Gasteiger partial charge >= 0.3 is 0 Å². The van der Waals surface area contributed by atoms with Crippen LogP contribution in [-0.4, -0.2) is 27.3 Å². The van der Waals surface area contributed by atoms with Crippen molar-refractivity contribution >= 4 is 22.5 Å². The smallest absolute Gasteiger partial charge is 0.270 e. The van der Waals surface area contributed by atoms with Crippen LogP contribution in [0.2, 0.25) is 0 Å². The van der Waals surface area contributed by atoms with E-state index in [0.717, 1.165) is 28.7 Å². The number of aromatic amines is 1. The minimum Gasteiger partial charge on any atom is -0.357 e. The normalized spacial score (nSPS) is 11.1. The zero-order valence-electron chi connectivity index (χ0n) is 14.8. The van der Waals surface area contributed by atoms with Crippen LogP contribution in [0.3, 0.4) is 0 Å². The largest absolute Gasteiger partial charge is 0.357 e. The first kappa shape index (κ1) is 17.0. The number of pyridine rings is 1. The van der Waals surface area contributed by atoms with E-state index in [-0.39, 0.29) is 17.2 Å². The van der Waals surface area contributed by atoms with Gasteiger partial charge in [-0.3, -0.25) is 14.0 Å². The molecule has 27 heavy (non-hydrogen) atoms. The Balaban J connectivity index is 1.52. The van der Waals surface area contributed by atoms with Gasteiger partial charge in [-0.25, -0.2) is 4.98 Å². The third kappa shape index (κ3) is 3.45. The fraction of sp³-hybridized carbons (Fsp3) is 0.150. The number of hydrogen-bond acceptors (Lipinski definition) is 4. The molecule has 0 saturated heterocycles. The van der Waals surface area contributed by atoms with Crippen molar-refractivity contribution in [2.45, 2.75) is 13.1 Å². The van der Waals surface area contributed by atoms with E-state index < -0.39 is 0 Å². The van der Waals surface area contributed by atoms with E-state index in [9.17, 15) is 9.59 Å². The van der Waals surface area contributed by atoms with Crippen LogP contribution in [0.5, 0.6) is 0 Å². The topological polar surface area (TPSA) is 91.3 Å². The lowest BCUT2D eigenvalue weighted by molar-refractivity contribution is 0.0946. The van der Waals surface area contributed by atoms with Crippen LogP contribution >= 0.6 is 0 Å². The lowest BCUT2D eigenvalue weighted by atomic mass is 10.1. The van der Waals surface area contributed by atoms with Gasteiger partial charge in [-0.2, -0.15) is 0 Å². The first-order chi connectivity index (χ1) is 13.1. The van der Waals surface area contributed by atoms with Gasteiger partial charge in [0.1, 0.15) is 11.3 Å². The molecule has 136 valence electrons. The summed E-state index contributed by atoms with van der Waals surface area (Å²) in [5, 5.41) is 7.07. The maximum Gasteiger partial charge on any atom is 0.270 e. The summed E-state index contributed by atoms with van der Waals surface area (Å²) in [5.74, 6) is -0.374. The minimum absolute atomic E-state index is 0.114. The highest BCUT2D eigenvalue weighted by Gasteiger charge is 2.10. The van der Waals surface area contributed by atoms with Gasteiger partial charge in [-0.05, 0) is 42.3 Å². The van der Waals surface area contributed by atoms with E-state index in [1.54, 1.807) is 24.4 Å². The van der Waals surface area contributed by atoms with E-state index in [2.05, 4.69) is 26.7 Å². The summed E-state index contributed by atoms with van der Waals surface area (Å²) in [6.45, 7) is 1.12. The second kappa shape index (κ2) is 7.05. The number of rotatable bonds is 5. The Labute approximate surface area is 155 Å². The van der Waals surface area contributed by atoms with Gasteiger partial charge < -0.3 is 15.6 Å². The van der Waals surface area contributed by atoms with Crippen molar-refractivity contribution in [3.05, 3.63) is 82.0 Å². The van der Waals surface area contributed by atoms with E-state index in [1.165, 1.54) is 10.5 Å². The molecule has 0 fully saturated rings. The van der Waals surface area contributed by atoms with Crippen molar-refractivity contribution in [1.29, 1.82) is 0 Å². The molecule has 0 spiro atoms. The standard InChI is InChI=1S/C20H19N5O2/c1-21-12-15-9-14-6-5-13(8-16(14)23-15)11-22-20(27)17-10-19(26)25-7-3-2-4-18(25)24-17/h2-10,21,23H,11-12H2,1H3,(H,22,27). The average molecular weight is 361 g/mol. The van der Waals surface area contributed by atoms with Crippen LogP contribution in [0.4, 0.5) is 0 Å². The Bertz CT molecular complexity index is 1190. The van der Waals surface area contributed by atoms with Crippen LogP contribution in [0.15, 0.2) is 59.5 Å². The molecule has 7 heteroatoms. The van der Waals surface area contributed by atoms with Gasteiger partial charge in [-0.1, -0.05) is 18.2 Å². The summed E-state index contributed by atoms with van der Waals surface area (Å²) in [4.78, 5) is 32.2. The molecule has 3 aromatic heterocycles. The number of fused-ring (bicyclic) bond motifs is 2. The molecule has 0 saturated carbocycles. The number of hydrogen-bond donors (Lipinski definition) is 3. The van der Waals surface area contributed by atoms with Gasteiger partial charge in [0.25, 0.3) is 11.5 Å². The highest BCUT2D eigenvalue weighted by molar-refractivity contribution is 5.92. The Kier molecular flexibility index (Phi) is 4.43. The van der Waals surface area contributed by atoms with Crippen molar-refractivity contribution < 1.29 is 4.79 Å². The van der Waals surface area contributed by atoms with E-state index >= 15 is 0 Å². The Hall–Kier alpha value is -3.45. The number of carbonyl (C=O) groups is 1. The molecule has 0 aliphatic rings. The number of amides is 1. The summed E-state index contributed by atoms with van der Waals surface area (Å²) < 4.78 is 1.40. The van der Waals surface area contributed by atoms with Gasteiger partial charge in [0.2, 0.25) is 0 Å². The van der Waals surface area contributed by atoms with Crippen molar-refractivity contribution in [2.75, 3.05) is 7.05 Å². The Morgan fingerprint density at radius 2 is 2.04 bits per heavy atom. The Morgan fingerprint density at radius 3 is 2.89 bits per heavy atom. The first-order valence-corrected chi connectivity index (χ1v) is 8.66. The molecule has 0 bridgehead atoms. The van der Waals surface area contributed by atoms with Crippen molar-refractivity contribution in [2.24, 2.45) is 0 Å². The predicted molar refractivity (Wildman–Crippen MR) is 104 cm³/mol. The fourth-order valence-electron chi connectivity index (χ4n) is 3.07. The quantitative estimate of drug-likeness (QED) is 0.506. The maximum absolute atomic E-state index is 12.4. The molecule has 0 aliphatic heterocycles. The molecule has 7 nitrogen and oxygen atoms in total. The first-order valence-electron chi connectivity index (χ1n) is 8.66. The third-order valence-electron chi connectivity index (χ3n) is 4.37. The number of aromatic nitrogens is 3. The van der Waals surface area contributed by atoms with Crippen molar-refractivity contribution in [3.63, 3.8) is 0 Å². The van der Waals surface area contributed by atoms with Gasteiger partial charge in [0.05, 0.1) is 0 Å². The molecule has 1 amide bonds. The second-order valence-corrected chi connectivity index (χ2v) is 6.34. The monoisotopic (exact) mass is 361 g/mol. The summed E-state index contributed by atoms with van der Waals surface area (Å²) >= 11 is 0. The summed E-state index contributed by atoms with van der Waals surface area (Å²) in [6, 6.07) is 14.6. The number of benzene rings is 1. The fourth-order valence-corrected chi connectivity index (χ4v) is 3.07. The zero-order chi connectivity index (χ0) is 18.8.